The smallest absolute Gasteiger partial charge is 0.0319 e. The second kappa shape index (κ2) is 38.4. The molecule has 0 heterocycles. The summed E-state index contributed by atoms with van der Waals surface area (Å²) in [6.07, 6.45) is 2.35. The fraction of sp³-hybridized carbons (Fsp3) is 1.00. The minimum Gasteiger partial charge on any atom is -0.400 e. The van der Waals surface area contributed by atoms with Gasteiger partial charge in [0.25, 0.3) is 0 Å². The van der Waals surface area contributed by atoms with E-state index in [1.807, 2.05) is 13.8 Å². The van der Waals surface area contributed by atoms with Crippen LogP contribution < -0.4 is 5.73 Å². The summed E-state index contributed by atoms with van der Waals surface area (Å²) in [7, 11) is 5.10. The Kier molecular flexibility index (Phi) is 64.7. The third-order valence-electron chi connectivity index (χ3n) is 0.809. The normalized spacial score (nSPS) is 7.29. The Morgan fingerprint density at radius 1 is 1.07 bits per heavy atom. The van der Waals surface area contributed by atoms with Crippen LogP contribution in [0, 0.1) is 0 Å². The number of rotatable bonds is 3. The van der Waals surface area contributed by atoms with Crippen LogP contribution in [0.15, 0.2) is 0 Å². The lowest BCUT2D eigenvalue weighted by molar-refractivity contribution is 0.399. The number of aliphatic hydroxyl groups is 1. The SMILES string of the molecule is CC.CCC.CN(C)CCCN.CO. The Bertz CT molecular complexity index is 50.6. The first-order valence-corrected chi connectivity index (χ1v) is 5.48. The van der Waals surface area contributed by atoms with E-state index in [1.54, 1.807) is 0 Å². The van der Waals surface area contributed by atoms with Crippen LogP contribution >= 0.6 is 0 Å². The zero-order chi connectivity index (χ0) is 12.4. The molecule has 14 heavy (non-hydrogen) atoms. The van der Waals surface area contributed by atoms with E-state index in [2.05, 4.69) is 32.8 Å². The van der Waals surface area contributed by atoms with Gasteiger partial charge in [-0.15, -0.1) is 0 Å². The predicted molar refractivity (Wildman–Crippen MR) is 67.7 cm³/mol. The summed E-state index contributed by atoms with van der Waals surface area (Å²) in [5.41, 5.74) is 5.25. The topological polar surface area (TPSA) is 49.5 Å². The minimum atomic E-state index is 0.804. The van der Waals surface area contributed by atoms with E-state index in [-0.39, 0.29) is 0 Å². The molecule has 3 N–H and O–H groups in total. The molecule has 0 saturated heterocycles. The Labute approximate surface area is 91.3 Å². The molecule has 0 rings (SSSR count). The largest absolute Gasteiger partial charge is 0.400 e. The zero-order valence-corrected chi connectivity index (χ0v) is 11.3. The van der Waals surface area contributed by atoms with E-state index < -0.39 is 0 Å². The molecule has 0 aromatic heterocycles. The number of nitrogens with two attached hydrogens (primary N) is 1. The highest BCUT2D eigenvalue weighted by Gasteiger charge is 1.83. The van der Waals surface area contributed by atoms with Gasteiger partial charge in [0.05, 0.1) is 0 Å². The van der Waals surface area contributed by atoms with E-state index in [4.69, 9.17) is 10.8 Å². The summed E-state index contributed by atoms with van der Waals surface area (Å²) in [4.78, 5) is 2.13. The second-order valence-corrected chi connectivity index (χ2v) is 2.65. The lowest BCUT2D eigenvalue weighted by atomic mass is 10.4. The molecule has 0 aromatic rings. The van der Waals surface area contributed by atoms with Gasteiger partial charge in [0, 0.05) is 7.11 Å². The molecule has 0 radical (unpaired) electrons. The fourth-order valence-corrected chi connectivity index (χ4v) is 0.408. The van der Waals surface area contributed by atoms with Gasteiger partial charge in [-0.25, -0.2) is 0 Å². The summed E-state index contributed by atoms with van der Waals surface area (Å²) in [5.74, 6) is 0. The molecule has 0 aromatic carbocycles. The molecule has 0 aliphatic rings. The van der Waals surface area contributed by atoms with Gasteiger partial charge >= 0.3 is 0 Å². The zero-order valence-electron chi connectivity index (χ0n) is 11.3. The van der Waals surface area contributed by atoms with E-state index in [1.165, 1.54) is 6.42 Å². The van der Waals surface area contributed by atoms with Crippen molar-refractivity contribution in [2.24, 2.45) is 5.73 Å². The summed E-state index contributed by atoms with van der Waals surface area (Å²) < 4.78 is 0. The molecule has 92 valence electrons. The lowest BCUT2D eigenvalue weighted by Gasteiger charge is -2.05. The van der Waals surface area contributed by atoms with E-state index in [0.29, 0.717) is 0 Å². The van der Waals surface area contributed by atoms with Crippen LogP contribution in [0.2, 0.25) is 0 Å². The maximum absolute atomic E-state index is 7.00. The summed E-state index contributed by atoms with van der Waals surface area (Å²) >= 11 is 0. The number of nitrogens with zero attached hydrogens (tertiary/aromatic N) is 1. The van der Waals surface area contributed by atoms with Crippen LogP contribution in [0.4, 0.5) is 0 Å². The van der Waals surface area contributed by atoms with Crippen molar-refractivity contribution < 1.29 is 5.11 Å². The van der Waals surface area contributed by atoms with Crippen LogP contribution in [0.25, 0.3) is 0 Å². The third-order valence-corrected chi connectivity index (χ3v) is 0.809. The molecule has 0 aliphatic heterocycles. The quantitative estimate of drug-likeness (QED) is 0.745. The molecule has 0 spiro atoms. The molecule has 0 aliphatic carbocycles. The summed E-state index contributed by atoms with van der Waals surface area (Å²) in [5, 5.41) is 7.00. The van der Waals surface area contributed by atoms with Gasteiger partial charge < -0.3 is 15.7 Å². The fourth-order valence-electron chi connectivity index (χ4n) is 0.408. The summed E-state index contributed by atoms with van der Waals surface area (Å²) in [6.45, 7) is 10.2. The highest BCUT2D eigenvalue weighted by molar-refractivity contribution is 4.42. The lowest BCUT2D eigenvalue weighted by Crippen LogP contribution is -2.16. The van der Waals surface area contributed by atoms with Gasteiger partial charge in [-0.1, -0.05) is 34.1 Å². The molecule has 3 heteroatoms. The van der Waals surface area contributed by atoms with Crippen LogP contribution in [0.1, 0.15) is 40.5 Å². The van der Waals surface area contributed by atoms with E-state index in [0.717, 1.165) is 26.6 Å². The molecule has 0 fully saturated rings. The standard InChI is InChI=1S/C5H14N2.C3H8.C2H6.CH4O/c1-7(2)5-3-4-6;1-3-2;2*1-2/h3-6H2,1-2H3;3H2,1-2H3;1-2H3;2H,1H3. The molecule has 0 amide bonds. The van der Waals surface area contributed by atoms with Gasteiger partial charge in [-0.2, -0.15) is 0 Å². The van der Waals surface area contributed by atoms with Crippen molar-refractivity contribution >= 4 is 0 Å². The summed E-state index contributed by atoms with van der Waals surface area (Å²) in [6, 6.07) is 0. The molecule has 0 unspecified atom stereocenters. The van der Waals surface area contributed by atoms with Gasteiger partial charge in [-0.05, 0) is 33.6 Å². The molecular formula is C11H32N2O. The molecular weight excluding hydrogens is 176 g/mol. The van der Waals surface area contributed by atoms with Crippen molar-refractivity contribution in [1.82, 2.24) is 4.90 Å². The van der Waals surface area contributed by atoms with Crippen molar-refractivity contribution in [3.05, 3.63) is 0 Å². The Morgan fingerprint density at radius 2 is 1.36 bits per heavy atom. The molecule has 0 saturated carbocycles. The molecule has 0 bridgehead atoms. The number of hydrogen-bond acceptors (Lipinski definition) is 3. The molecule has 3 nitrogen and oxygen atoms in total. The van der Waals surface area contributed by atoms with Crippen LogP contribution in [0.3, 0.4) is 0 Å². The average molecular weight is 208 g/mol. The number of hydrogen-bond donors (Lipinski definition) is 2. The predicted octanol–water partition coefficient (Wildman–Crippen LogP) is 1.95. The first kappa shape index (κ1) is 23.6. The van der Waals surface area contributed by atoms with E-state index in [9.17, 15) is 0 Å². The second-order valence-electron chi connectivity index (χ2n) is 2.65. The van der Waals surface area contributed by atoms with Gasteiger partial charge in [0.15, 0.2) is 0 Å². The van der Waals surface area contributed by atoms with Gasteiger partial charge in [0.2, 0.25) is 0 Å². The first-order chi connectivity index (χ1) is 6.68. The Hall–Kier alpha value is -0.120. The van der Waals surface area contributed by atoms with Crippen LogP contribution in [0.5, 0.6) is 0 Å². The highest BCUT2D eigenvalue weighted by Crippen LogP contribution is 1.76. The Balaban J connectivity index is -0.0000000603. The van der Waals surface area contributed by atoms with Crippen molar-refractivity contribution in [3.8, 4) is 0 Å². The molecule has 0 atom stereocenters. The van der Waals surface area contributed by atoms with E-state index >= 15 is 0 Å². The van der Waals surface area contributed by atoms with Crippen molar-refractivity contribution in [2.45, 2.75) is 40.5 Å². The monoisotopic (exact) mass is 208 g/mol. The van der Waals surface area contributed by atoms with Crippen molar-refractivity contribution in [3.63, 3.8) is 0 Å². The van der Waals surface area contributed by atoms with Gasteiger partial charge in [-0.3, -0.25) is 0 Å². The Morgan fingerprint density at radius 3 is 1.43 bits per heavy atom. The highest BCUT2D eigenvalue weighted by atomic mass is 16.2. The minimum absolute atomic E-state index is 0.804. The first-order valence-electron chi connectivity index (χ1n) is 5.48. The van der Waals surface area contributed by atoms with Gasteiger partial charge in [0.1, 0.15) is 0 Å². The van der Waals surface area contributed by atoms with Crippen molar-refractivity contribution in [1.29, 1.82) is 0 Å². The van der Waals surface area contributed by atoms with Crippen LogP contribution in [-0.2, 0) is 0 Å². The maximum atomic E-state index is 7.00. The maximum Gasteiger partial charge on any atom is 0.0319 e. The van der Waals surface area contributed by atoms with Crippen LogP contribution in [-0.4, -0.2) is 44.3 Å². The average Bonchev–Trinajstić information content (AvgIpc) is 2.22. The third kappa shape index (κ3) is 93.4. The number of aliphatic hydroxyl groups excluding tert-OH is 1. The van der Waals surface area contributed by atoms with Crippen molar-refractivity contribution in [2.75, 3.05) is 34.3 Å².